The van der Waals surface area contributed by atoms with Crippen LogP contribution in [0.4, 0.5) is 0 Å². The number of hydrogen-bond acceptors (Lipinski definition) is 4. The van der Waals surface area contributed by atoms with E-state index >= 15 is 0 Å². The minimum atomic E-state index is -0.447. The van der Waals surface area contributed by atoms with Crippen LogP contribution < -0.4 is 0 Å². The maximum atomic E-state index is 9.92. The van der Waals surface area contributed by atoms with Crippen molar-refractivity contribution < 1.29 is 4.74 Å². The van der Waals surface area contributed by atoms with Crippen molar-refractivity contribution in [3.8, 4) is 17.3 Å². The van der Waals surface area contributed by atoms with Crippen LogP contribution in [0.5, 0.6) is 0 Å². The molecule has 0 bridgehead atoms. The summed E-state index contributed by atoms with van der Waals surface area (Å²) in [7, 11) is 1.95. The van der Waals surface area contributed by atoms with E-state index < -0.39 is 5.41 Å². The average Bonchev–Trinajstić information content (AvgIpc) is 3.14. The molecule has 1 aliphatic heterocycles. The van der Waals surface area contributed by atoms with Gasteiger partial charge in [-0.05, 0) is 61.2 Å². The molecule has 4 nitrogen and oxygen atoms in total. The van der Waals surface area contributed by atoms with Crippen molar-refractivity contribution in [2.24, 2.45) is 7.05 Å². The molecular formula is C23H23N3OS. The van der Waals surface area contributed by atoms with Crippen LogP contribution in [0, 0.1) is 11.3 Å². The van der Waals surface area contributed by atoms with Crippen LogP contribution in [0.25, 0.3) is 11.3 Å². The maximum absolute atomic E-state index is 9.92. The molecule has 0 spiro atoms. The highest BCUT2D eigenvalue weighted by atomic mass is 32.2. The Morgan fingerprint density at radius 1 is 1.18 bits per heavy atom. The number of aryl methyl sites for hydroxylation is 1. The Morgan fingerprint density at radius 2 is 2.00 bits per heavy atom. The summed E-state index contributed by atoms with van der Waals surface area (Å²) in [6.07, 6.45) is 3.42. The third-order valence-corrected chi connectivity index (χ3v) is 6.37. The summed E-state index contributed by atoms with van der Waals surface area (Å²) < 4.78 is 7.55. The van der Waals surface area contributed by atoms with Gasteiger partial charge in [0.05, 0.1) is 23.3 Å². The molecule has 0 saturated carbocycles. The quantitative estimate of drug-likeness (QED) is 0.615. The molecule has 0 N–H and O–H groups in total. The van der Waals surface area contributed by atoms with E-state index in [1.165, 1.54) is 4.90 Å². The molecule has 3 aromatic rings. The molecule has 2 aromatic carbocycles. The number of rotatable bonds is 4. The van der Waals surface area contributed by atoms with Crippen molar-refractivity contribution in [1.82, 2.24) is 9.78 Å². The lowest BCUT2D eigenvalue weighted by molar-refractivity contribution is 0.00349. The van der Waals surface area contributed by atoms with E-state index in [-0.39, 0.29) is 6.10 Å². The third kappa shape index (κ3) is 3.71. The molecule has 1 aromatic heterocycles. The lowest BCUT2D eigenvalue weighted by Crippen LogP contribution is -2.36. The van der Waals surface area contributed by atoms with E-state index in [1.54, 1.807) is 11.8 Å². The molecule has 1 aliphatic rings. The summed E-state index contributed by atoms with van der Waals surface area (Å²) in [4.78, 5) is 2.33. The largest absolute Gasteiger partial charge is 0.378 e. The van der Waals surface area contributed by atoms with Gasteiger partial charge in [0.15, 0.2) is 0 Å². The molecule has 1 saturated heterocycles. The van der Waals surface area contributed by atoms with Crippen LogP contribution in [-0.4, -0.2) is 22.5 Å². The fourth-order valence-corrected chi connectivity index (χ4v) is 4.74. The Kier molecular flexibility index (Phi) is 5.25. The lowest BCUT2D eigenvalue weighted by Gasteiger charge is -2.35. The van der Waals surface area contributed by atoms with Gasteiger partial charge in [-0.25, -0.2) is 0 Å². The first kappa shape index (κ1) is 18.8. The van der Waals surface area contributed by atoms with Crippen molar-refractivity contribution >= 4 is 11.8 Å². The predicted octanol–water partition coefficient (Wildman–Crippen LogP) is 5.20. The molecule has 1 fully saturated rings. The molecule has 0 aliphatic carbocycles. The van der Waals surface area contributed by atoms with Crippen LogP contribution >= 0.6 is 11.8 Å². The average molecular weight is 390 g/mol. The molecule has 28 heavy (non-hydrogen) atoms. The second-order valence-electron chi connectivity index (χ2n) is 7.32. The summed E-state index contributed by atoms with van der Waals surface area (Å²) in [6.45, 7) is 2.69. The monoisotopic (exact) mass is 389 g/mol. The van der Waals surface area contributed by atoms with Gasteiger partial charge in [-0.3, -0.25) is 4.68 Å². The SMILES string of the molecule is C[C@H]1C[C@@](C#N)(c2cccc(Sc3ccc(-c4ccnn4C)cc3)c2)CCO1. The molecule has 0 amide bonds. The van der Waals surface area contributed by atoms with Gasteiger partial charge in [0.25, 0.3) is 0 Å². The molecule has 2 atom stereocenters. The number of ether oxygens (including phenoxy) is 1. The first-order chi connectivity index (χ1) is 13.6. The van der Waals surface area contributed by atoms with Gasteiger partial charge >= 0.3 is 0 Å². The maximum Gasteiger partial charge on any atom is 0.0869 e. The normalized spacial score (nSPS) is 22.0. The highest BCUT2D eigenvalue weighted by Gasteiger charge is 2.37. The molecule has 2 heterocycles. The summed E-state index contributed by atoms with van der Waals surface area (Å²) in [5.74, 6) is 0. The van der Waals surface area contributed by atoms with Crippen molar-refractivity contribution in [3.63, 3.8) is 0 Å². The molecule has 0 radical (unpaired) electrons. The Hall–Kier alpha value is -2.55. The number of nitrogens with zero attached hydrogens (tertiary/aromatic N) is 3. The molecule has 142 valence electrons. The van der Waals surface area contributed by atoms with E-state index in [2.05, 4.69) is 59.7 Å². The first-order valence-electron chi connectivity index (χ1n) is 9.49. The zero-order chi connectivity index (χ0) is 19.6. The van der Waals surface area contributed by atoms with Crippen LogP contribution in [-0.2, 0) is 17.2 Å². The van der Waals surface area contributed by atoms with Gasteiger partial charge in [0.1, 0.15) is 0 Å². The summed E-state index contributed by atoms with van der Waals surface area (Å²) >= 11 is 1.72. The van der Waals surface area contributed by atoms with Gasteiger partial charge in [-0.2, -0.15) is 10.4 Å². The van der Waals surface area contributed by atoms with Crippen LogP contribution in [0.2, 0.25) is 0 Å². The number of benzene rings is 2. The topological polar surface area (TPSA) is 50.8 Å². The highest BCUT2D eigenvalue weighted by Crippen LogP contribution is 2.39. The van der Waals surface area contributed by atoms with Gasteiger partial charge < -0.3 is 4.74 Å². The smallest absolute Gasteiger partial charge is 0.0869 e. The van der Waals surface area contributed by atoms with Crippen LogP contribution in [0.3, 0.4) is 0 Å². The van der Waals surface area contributed by atoms with Gasteiger partial charge in [-0.15, -0.1) is 0 Å². The summed E-state index contributed by atoms with van der Waals surface area (Å²) in [6, 6.07) is 21.5. The van der Waals surface area contributed by atoms with Crippen molar-refractivity contribution in [2.75, 3.05) is 6.61 Å². The predicted molar refractivity (Wildman–Crippen MR) is 111 cm³/mol. The Balaban J connectivity index is 1.55. The minimum absolute atomic E-state index is 0.115. The van der Waals surface area contributed by atoms with Crippen molar-refractivity contribution in [3.05, 3.63) is 66.4 Å². The van der Waals surface area contributed by atoms with E-state index in [4.69, 9.17) is 4.74 Å². The second kappa shape index (κ2) is 7.83. The fourth-order valence-electron chi connectivity index (χ4n) is 3.86. The summed E-state index contributed by atoms with van der Waals surface area (Å²) in [5, 5.41) is 14.2. The van der Waals surface area contributed by atoms with Gasteiger partial charge in [0.2, 0.25) is 0 Å². The van der Waals surface area contributed by atoms with Crippen molar-refractivity contribution in [1.29, 1.82) is 5.26 Å². The van der Waals surface area contributed by atoms with Gasteiger partial charge in [-0.1, -0.05) is 36.0 Å². The number of hydrogen-bond donors (Lipinski definition) is 0. The first-order valence-corrected chi connectivity index (χ1v) is 10.3. The number of nitriles is 1. The Morgan fingerprint density at radius 3 is 2.68 bits per heavy atom. The number of aromatic nitrogens is 2. The zero-order valence-corrected chi connectivity index (χ0v) is 16.9. The third-order valence-electron chi connectivity index (χ3n) is 5.37. The highest BCUT2D eigenvalue weighted by molar-refractivity contribution is 7.99. The van der Waals surface area contributed by atoms with E-state index in [9.17, 15) is 5.26 Å². The molecule has 5 heteroatoms. The van der Waals surface area contributed by atoms with Crippen LogP contribution in [0.1, 0.15) is 25.3 Å². The Labute approximate surface area is 170 Å². The lowest BCUT2D eigenvalue weighted by atomic mass is 9.74. The Bertz CT molecular complexity index is 1010. The van der Waals surface area contributed by atoms with E-state index in [0.717, 1.165) is 34.6 Å². The van der Waals surface area contributed by atoms with E-state index in [1.807, 2.05) is 30.9 Å². The molecular weight excluding hydrogens is 366 g/mol. The van der Waals surface area contributed by atoms with Crippen LogP contribution in [0.15, 0.2) is 70.6 Å². The molecule has 4 rings (SSSR count). The fraction of sp³-hybridized carbons (Fsp3) is 0.304. The standard InChI is InChI=1S/C23H23N3OS/c1-17-15-23(16-24,11-13-27-17)19-4-3-5-21(14-19)28-20-8-6-18(7-9-20)22-10-12-25-26(22)2/h3-10,12,14,17H,11,13,15H2,1-2H3/t17-,23-/m0/s1. The second-order valence-corrected chi connectivity index (χ2v) is 8.47. The molecule has 0 unspecified atom stereocenters. The minimum Gasteiger partial charge on any atom is -0.378 e. The van der Waals surface area contributed by atoms with Crippen molar-refractivity contribution in [2.45, 2.75) is 41.1 Å². The zero-order valence-electron chi connectivity index (χ0n) is 16.1. The summed E-state index contributed by atoms with van der Waals surface area (Å²) in [5.41, 5.74) is 2.90. The van der Waals surface area contributed by atoms with Gasteiger partial charge in [0, 0.05) is 29.6 Å². The van der Waals surface area contributed by atoms with E-state index in [0.29, 0.717) is 6.61 Å².